The number of likely N-dealkylation sites (tertiary alicyclic amines) is 1. The zero-order valence-electron chi connectivity index (χ0n) is 21.6. The first kappa shape index (κ1) is 29.0. The van der Waals surface area contributed by atoms with Crippen LogP contribution in [-0.2, 0) is 0 Å². The first-order valence-corrected chi connectivity index (χ1v) is 13.4. The Balaban J connectivity index is 1.13. The van der Waals surface area contributed by atoms with Crippen molar-refractivity contribution in [1.82, 2.24) is 10.2 Å². The second-order valence-corrected chi connectivity index (χ2v) is 10.5. The number of benzene rings is 2. The number of rotatable bonds is 10. The molecule has 1 heterocycles. The van der Waals surface area contributed by atoms with Crippen molar-refractivity contribution >= 4 is 11.7 Å². The molecule has 2 aliphatic rings. The Labute approximate surface area is 224 Å². The number of hydrogen-bond donors (Lipinski definition) is 1. The largest absolute Gasteiger partial charge is 0.461 e. The summed E-state index contributed by atoms with van der Waals surface area (Å²) < 4.78 is 67.8. The van der Waals surface area contributed by atoms with Crippen LogP contribution in [0.2, 0.25) is 0 Å². The van der Waals surface area contributed by atoms with Gasteiger partial charge in [0, 0.05) is 23.1 Å². The van der Waals surface area contributed by atoms with Crippen LogP contribution in [0.3, 0.4) is 0 Å². The van der Waals surface area contributed by atoms with Crippen LogP contribution in [0.15, 0.2) is 48.5 Å². The van der Waals surface area contributed by atoms with E-state index in [1.807, 2.05) is 0 Å². The van der Waals surface area contributed by atoms with Gasteiger partial charge in [0.1, 0.15) is 11.6 Å². The predicted molar refractivity (Wildman–Crippen MR) is 136 cm³/mol. The third kappa shape index (κ3) is 8.00. The molecule has 0 unspecified atom stereocenters. The van der Waals surface area contributed by atoms with Crippen molar-refractivity contribution < 1.29 is 36.3 Å². The molecule has 39 heavy (non-hydrogen) atoms. The van der Waals surface area contributed by atoms with E-state index in [-0.39, 0.29) is 35.0 Å². The zero-order chi connectivity index (χ0) is 28.0. The molecule has 212 valence electrons. The monoisotopic (exact) mass is 552 g/mol. The fourth-order valence-electron chi connectivity index (χ4n) is 5.37. The zero-order valence-corrected chi connectivity index (χ0v) is 21.6. The van der Waals surface area contributed by atoms with E-state index < -0.39 is 18.3 Å². The molecule has 0 radical (unpaired) electrons. The summed E-state index contributed by atoms with van der Waals surface area (Å²) in [5.41, 5.74) is 0.811. The molecule has 0 aromatic heterocycles. The van der Waals surface area contributed by atoms with Crippen LogP contribution in [0.1, 0.15) is 65.7 Å². The molecular formula is C29H33F5N2O3. The first-order chi connectivity index (χ1) is 18.6. The quantitative estimate of drug-likeness (QED) is 0.276. The highest BCUT2D eigenvalue weighted by Crippen LogP contribution is 2.30. The maximum absolute atomic E-state index is 13.1. The minimum absolute atomic E-state index is 0.0149. The molecule has 5 nitrogen and oxygen atoms in total. The minimum atomic E-state index is -4.59. The van der Waals surface area contributed by atoms with Crippen molar-refractivity contribution in [2.24, 2.45) is 11.8 Å². The maximum Gasteiger partial charge on any atom is 0.461 e. The van der Waals surface area contributed by atoms with Crippen LogP contribution >= 0.6 is 0 Å². The summed E-state index contributed by atoms with van der Waals surface area (Å²) in [6, 6.07) is 10.5. The number of nitrogens with zero attached hydrogens (tertiary/aromatic N) is 1. The lowest BCUT2D eigenvalue weighted by Crippen LogP contribution is -2.39. The third-order valence-corrected chi connectivity index (χ3v) is 7.75. The molecule has 2 fully saturated rings. The van der Waals surface area contributed by atoms with Crippen LogP contribution in [-0.4, -0.2) is 54.8 Å². The summed E-state index contributed by atoms with van der Waals surface area (Å²) in [6.07, 6.45) is -2.23. The highest BCUT2D eigenvalue weighted by molar-refractivity contribution is 5.97. The molecule has 2 aromatic rings. The number of carbonyl (C=O) groups excluding carboxylic acids is 2. The van der Waals surface area contributed by atoms with E-state index in [0.717, 1.165) is 76.7 Å². The lowest BCUT2D eigenvalue weighted by atomic mass is 9.83. The van der Waals surface area contributed by atoms with Crippen molar-refractivity contribution in [3.8, 4) is 5.75 Å². The second kappa shape index (κ2) is 12.9. The van der Waals surface area contributed by atoms with Crippen molar-refractivity contribution in [2.45, 2.75) is 63.5 Å². The summed E-state index contributed by atoms with van der Waals surface area (Å²) in [7, 11) is 0. The molecular weight excluding hydrogens is 519 g/mol. The summed E-state index contributed by atoms with van der Waals surface area (Å²) in [5.74, 6) is -0.503. The SMILES string of the molecule is O=C(N[C@H]1CC[C@H](CCN2CCC(C(=O)c3ccc(F)cc3)CC2)CC1)c1ccc(OC(F)(F)C(F)F)cc1. The molecule has 1 amide bonds. The van der Waals surface area contributed by atoms with E-state index in [9.17, 15) is 31.5 Å². The van der Waals surface area contributed by atoms with Crippen LogP contribution in [0.5, 0.6) is 5.75 Å². The van der Waals surface area contributed by atoms with E-state index in [0.29, 0.717) is 11.5 Å². The Bertz CT molecular complexity index is 1090. The summed E-state index contributed by atoms with van der Waals surface area (Å²) in [4.78, 5) is 27.6. The van der Waals surface area contributed by atoms with Gasteiger partial charge >= 0.3 is 12.5 Å². The second-order valence-electron chi connectivity index (χ2n) is 10.5. The van der Waals surface area contributed by atoms with Gasteiger partial charge in [-0.2, -0.15) is 17.6 Å². The number of Topliss-reactive ketones (excluding diaryl/α,β-unsaturated/α-hetero) is 1. The molecule has 1 aliphatic carbocycles. The Kier molecular flexibility index (Phi) is 9.58. The molecule has 1 aliphatic heterocycles. The van der Waals surface area contributed by atoms with Gasteiger partial charge in [-0.15, -0.1) is 0 Å². The van der Waals surface area contributed by atoms with Gasteiger partial charge in [0.2, 0.25) is 0 Å². The molecule has 10 heteroatoms. The lowest BCUT2D eigenvalue weighted by molar-refractivity contribution is -0.253. The molecule has 1 saturated heterocycles. The van der Waals surface area contributed by atoms with Crippen LogP contribution in [0, 0.1) is 17.7 Å². The average Bonchev–Trinajstić information content (AvgIpc) is 2.93. The number of ether oxygens (including phenoxy) is 1. The number of ketones is 1. The van der Waals surface area contributed by atoms with Crippen LogP contribution < -0.4 is 10.1 Å². The van der Waals surface area contributed by atoms with Gasteiger partial charge in [-0.05, 0) is 119 Å². The maximum atomic E-state index is 13.1. The highest BCUT2D eigenvalue weighted by atomic mass is 19.3. The molecule has 0 spiro atoms. The summed E-state index contributed by atoms with van der Waals surface area (Å²) >= 11 is 0. The van der Waals surface area contributed by atoms with E-state index in [1.54, 1.807) is 12.1 Å². The van der Waals surface area contributed by atoms with Gasteiger partial charge in [-0.1, -0.05) is 0 Å². The molecule has 0 atom stereocenters. The van der Waals surface area contributed by atoms with Gasteiger partial charge in [-0.3, -0.25) is 9.59 Å². The summed E-state index contributed by atoms with van der Waals surface area (Å²) in [5, 5.41) is 2.97. The molecule has 1 saturated carbocycles. The standard InChI is InChI=1S/C29H33F5N2O3/c30-23-7-3-20(4-8-23)26(37)21-14-17-36(18-15-21)16-13-19-1-9-24(10-2-19)35-27(38)22-5-11-25(12-6-22)39-29(33,34)28(31)32/h3-8,11-12,19,21,24,28H,1-2,9-10,13-18H2,(H,35,38)/t19-,24-. The fourth-order valence-corrected chi connectivity index (χ4v) is 5.37. The normalized spacial score (nSPS) is 21.1. The topological polar surface area (TPSA) is 58.6 Å². The van der Waals surface area contributed by atoms with Crippen molar-refractivity contribution in [2.75, 3.05) is 19.6 Å². The molecule has 4 rings (SSSR count). The van der Waals surface area contributed by atoms with Crippen molar-refractivity contribution in [3.05, 3.63) is 65.5 Å². The smallest absolute Gasteiger partial charge is 0.428 e. The molecule has 0 bridgehead atoms. The Morgan fingerprint density at radius 3 is 2.08 bits per heavy atom. The number of alkyl halides is 4. The first-order valence-electron chi connectivity index (χ1n) is 13.4. The number of nitrogens with one attached hydrogen (secondary N) is 1. The van der Waals surface area contributed by atoms with Gasteiger partial charge < -0.3 is 15.0 Å². The van der Waals surface area contributed by atoms with E-state index >= 15 is 0 Å². The fraction of sp³-hybridized carbons (Fsp3) is 0.517. The van der Waals surface area contributed by atoms with E-state index in [4.69, 9.17) is 0 Å². The number of piperidine rings is 1. The van der Waals surface area contributed by atoms with E-state index in [2.05, 4.69) is 15.0 Å². The van der Waals surface area contributed by atoms with Crippen molar-refractivity contribution in [3.63, 3.8) is 0 Å². The van der Waals surface area contributed by atoms with Crippen molar-refractivity contribution in [1.29, 1.82) is 0 Å². The Hall–Kier alpha value is -3.01. The minimum Gasteiger partial charge on any atom is -0.428 e. The number of halogens is 5. The highest BCUT2D eigenvalue weighted by Gasteiger charge is 2.44. The van der Waals surface area contributed by atoms with Gasteiger partial charge in [0.15, 0.2) is 5.78 Å². The predicted octanol–water partition coefficient (Wildman–Crippen LogP) is 6.34. The lowest BCUT2D eigenvalue weighted by Gasteiger charge is -2.34. The summed E-state index contributed by atoms with van der Waals surface area (Å²) in [6.45, 7) is 2.71. The molecule has 1 N–H and O–H groups in total. The number of hydrogen-bond acceptors (Lipinski definition) is 4. The van der Waals surface area contributed by atoms with Crippen LogP contribution in [0.4, 0.5) is 22.0 Å². The van der Waals surface area contributed by atoms with Crippen LogP contribution in [0.25, 0.3) is 0 Å². The Morgan fingerprint density at radius 1 is 0.897 bits per heavy atom. The third-order valence-electron chi connectivity index (χ3n) is 7.75. The van der Waals surface area contributed by atoms with Gasteiger partial charge in [0.25, 0.3) is 5.91 Å². The number of carbonyl (C=O) groups is 2. The van der Waals surface area contributed by atoms with Gasteiger partial charge in [0.05, 0.1) is 0 Å². The molecule has 2 aromatic carbocycles. The average molecular weight is 553 g/mol. The Morgan fingerprint density at radius 2 is 1.49 bits per heavy atom. The van der Waals surface area contributed by atoms with E-state index in [1.165, 1.54) is 24.3 Å². The van der Waals surface area contributed by atoms with Gasteiger partial charge in [-0.25, -0.2) is 4.39 Å². The number of amides is 1.